The van der Waals surface area contributed by atoms with Gasteiger partial charge in [-0.25, -0.2) is 14.0 Å². The second-order valence-corrected chi connectivity index (χ2v) is 5.68. The van der Waals surface area contributed by atoms with Crippen molar-refractivity contribution in [2.75, 3.05) is 11.9 Å². The van der Waals surface area contributed by atoms with E-state index in [4.69, 9.17) is 14.6 Å². The van der Waals surface area contributed by atoms with Crippen molar-refractivity contribution in [3.63, 3.8) is 0 Å². The van der Waals surface area contributed by atoms with Gasteiger partial charge < -0.3 is 24.8 Å². The van der Waals surface area contributed by atoms with Crippen molar-refractivity contribution >= 4 is 11.9 Å². The number of hydrogen-bond acceptors (Lipinski definition) is 8. The van der Waals surface area contributed by atoms with E-state index in [1.807, 2.05) is 5.32 Å². The predicted molar refractivity (Wildman–Crippen MR) is 87.6 cm³/mol. The van der Waals surface area contributed by atoms with Gasteiger partial charge in [0.15, 0.2) is 17.9 Å². The SMILES string of the molecule is O=C(Nc1nc(=O)n([C@@H]2O[C@H](CO)[C@@H](O)[C@H]2O)cc1F)Oc1ccccc1. The number of carbonyl (C=O) groups is 1. The number of aliphatic hydroxyl groups excluding tert-OH is 3. The topological polar surface area (TPSA) is 143 Å². The quantitative estimate of drug-likeness (QED) is 0.560. The maximum absolute atomic E-state index is 14.2. The third-order valence-corrected chi connectivity index (χ3v) is 3.87. The van der Waals surface area contributed by atoms with Gasteiger partial charge in [0.05, 0.1) is 12.8 Å². The standard InChI is InChI=1S/C16H16FN3O7/c17-9-6-20(14-12(23)11(22)10(7-21)27-14)15(24)18-13(9)19-16(25)26-8-4-2-1-3-5-8/h1-6,10-12,14,21-23H,7H2,(H,18,19,24,25)/t10-,11-,12-,14-/m1/s1. The summed E-state index contributed by atoms with van der Waals surface area (Å²) in [5.74, 6) is -1.57. The van der Waals surface area contributed by atoms with Crippen LogP contribution in [0.5, 0.6) is 5.75 Å². The van der Waals surface area contributed by atoms with Crippen LogP contribution in [0.15, 0.2) is 41.3 Å². The number of anilines is 1. The van der Waals surface area contributed by atoms with Gasteiger partial charge in [0.2, 0.25) is 0 Å². The molecule has 0 aliphatic carbocycles. The number of amides is 1. The molecule has 4 atom stereocenters. The molecule has 27 heavy (non-hydrogen) atoms. The third kappa shape index (κ3) is 3.95. The van der Waals surface area contributed by atoms with Gasteiger partial charge in [-0.2, -0.15) is 4.98 Å². The summed E-state index contributed by atoms with van der Waals surface area (Å²) in [5.41, 5.74) is -1.05. The van der Waals surface area contributed by atoms with E-state index in [0.29, 0.717) is 10.8 Å². The molecule has 2 heterocycles. The number of aliphatic hydroxyl groups is 3. The predicted octanol–water partition coefficient (Wildman–Crippen LogP) is -0.395. The normalized spacial score (nSPS) is 24.6. The molecule has 10 nitrogen and oxygen atoms in total. The van der Waals surface area contributed by atoms with E-state index in [9.17, 15) is 24.2 Å². The minimum Gasteiger partial charge on any atom is -0.410 e. The molecule has 0 saturated carbocycles. The fourth-order valence-corrected chi connectivity index (χ4v) is 2.54. The van der Waals surface area contributed by atoms with Crippen molar-refractivity contribution in [3.8, 4) is 5.75 Å². The first-order valence-electron chi connectivity index (χ1n) is 7.85. The molecule has 1 aromatic heterocycles. The molecule has 3 rings (SSSR count). The number of ether oxygens (including phenoxy) is 2. The first-order valence-corrected chi connectivity index (χ1v) is 7.85. The van der Waals surface area contributed by atoms with Crippen LogP contribution in [0.25, 0.3) is 0 Å². The van der Waals surface area contributed by atoms with Gasteiger partial charge in [0.1, 0.15) is 24.1 Å². The molecule has 1 aliphatic rings. The lowest BCUT2D eigenvalue weighted by Crippen LogP contribution is -2.36. The minimum atomic E-state index is -1.58. The van der Waals surface area contributed by atoms with Crippen LogP contribution < -0.4 is 15.7 Å². The first-order chi connectivity index (χ1) is 12.9. The molecular weight excluding hydrogens is 365 g/mol. The highest BCUT2D eigenvalue weighted by molar-refractivity contribution is 5.85. The molecule has 11 heteroatoms. The molecule has 1 amide bonds. The summed E-state index contributed by atoms with van der Waals surface area (Å²) < 4.78 is 24.9. The number of benzene rings is 1. The zero-order valence-electron chi connectivity index (χ0n) is 13.7. The largest absolute Gasteiger partial charge is 0.418 e. The second kappa shape index (κ2) is 7.80. The Balaban J connectivity index is 1.77. The van der Waals surface area contributed by atoms with Crippen molar-refractivity contribution in [1.82, 2.24) is 9.55 Å². The van der Waals surface area contributed by atoms with E-state index >= 15 is 0 Å². The molecule has 4 N–H and O–H groups in total. The highest BCUT2D eigenvalue weighted by Crippen LogP contribution is 2.28. The molecule has 0 unspecified atom stereocenters. The summed E-state index contributed by atoms with van der Waals surface area (Å²) in [6, 6.07) is 7.97. The molecule has 1 saturated heterocycles. The average Bonchev–Trinajstić information content (AvgIpc) is 2.93. The van der Waals surface area contributed by atoms with E-state index in [1.165, 1.54) is 12.1 Å². The van der Waals surface area contributed by atoms with Gasteiger partial charge in [0.25, 0.3) is 0 Å². The van der Waals surface area contributed by atoms with Crippen molar-refractivity contribution < 1.29 is 34.0 Å². The minimum absolute atomic E-state index is 0.204. The molecule has 1 aliphatic heterocycles. The Morgan fingerprint density at radius 3 is 2.63 bits per heavy atom. The lowest BCUT2D eigenvalue weighted by Gasteiger charge is -2.17. The van der Waals surface area contributed by atoms with Gasteiger partial charge >= 0.3 is 11.8 Å². The zero-order valence-corrected chi connectivity index (χ0v) is 13.7. The summed E-state index contributed by atoms with van der Waals surface area (Å²) in [5, 5.41) is 30.7. The van der Waals surface area contributed by atoms with E-state index in [0.717, 1.165) is 0 Å². The maximum atomic E-state index is 14.2. The van der Waals surface area contributed by atoms with Crippen LogP contribution in [-0.4, -0.2) is 55.9 Å². The number of hydrogen-bond donors (Lipinski definition) is 4. The van der Waals surface area contributed by atoms with Crippen molar-refractivity contribution in [1.29, 1.82) is 0 Å². The highest BCUT2D eigenvalue weighted by Gasteiger charge is 2.44. The van der Waals surface area contributed by atoms with Crippen molar-refractivity contribution in [3.05, 3.63) is 52.8 Å². The summed E-state index contributed by atoms with van der Waals surface area (Å²) in [6.07, 6.45) is -6.03. The Labute approximate surface area is 151 Å². The number of halogens is 1. The third-order valence-electron chi connectivity index (χ3n) is 3.87. The molecule has 0 spiro atoms. The van der Waals surface area contributed by atoms with Crippen LogP contribution in [0.1, 0.15) is 6.23 Å². The summed E-state index contributed by atoms with van der Waals surface area (Å²) in [4.78, 5) is 27.3. The van der Waals surface area contributed by atoms with Crippen LogP contribution in [0.3, 0.4) is 0 Å². The maximum Gasteiger partial charge on any atom is 0.418 e. The summed E-state index contributed by atoms with van der Waals surface area (Å²) in [7, 11) is 0. The number of nitrogens with zero attached hydrogens (tertiary/aromatic N) is 2. The van der Waals surface area contributed by atoms with E-state index in [-0.39, 0.29) is 5.75 Å². The molecule has 0 bridgehead atoms. The fourth-order valence-electron chi connectivity index (χ4n) is 2.54. The Bertz CT molecular complexity index is 876. The van der Waals surface area contributed by atoms with Gasteiger partial charge in [-0.15, -0.1) is 0 Å². The Morgan fingerprint density at radius 1 is 1.30 bits per heavy atom. The zero-order chi connectivity index (χ0) is 19.6. The van der Waals surface area contributed by atoms with Gasteiger partial charge in [0, 0.05) is 0 Å². The van der Waals surface area contributed by atoms with Crippen molar-refractivity contribution in [2.24, 2.45) is 0 Å². The lowest BCUT2D eigenvalue weighted by atomic mass is 10.1. The molecular formula is C16H16FN3O7. The van der Waals surface area contributed by atoms with Crippen LogP contribution in [0.2, 0.25) is 0 Å². The van der Waals surface area contributed by atoms with Crippen LogP contribution in [0, 0.1) is 5.82 Å². The van der Waals surface area contributed by atoms with Gasteiger partial charge in [-0.05, 0) is 12.1 Å². The van der Waals surface area contributed by atoms with Crippen LogP contribution in [0.4, 0.5) is 15.0 Å². The Hall–Kier alpha value is -2.86. The second-order valence-electron chi connectivity index (χ2n) is 5.68. The number of aromatic nitrogens is 2. The Kier molecular flexibility index (Phi) is 5.46. The molecule has 2 aromatic rings. The number of para-hydroxylation sites is 1. The Morgan fingerprint density at radius 2 is 2.00 bits per heavy atom. The monoisotopic (exact) mass is 381 g/mol. The van der Waals surface area contributed by atoms with E-state index in [1.54, 1.807) is 18.2 Å². The van der Waals surface area contributed by atoms with E-state index < -0.39 is 54.6 Å². The molecule has 1 fully saturated rings. The molecule has 1 aromatic carbocycles. The lowest BCUT2D eigenvalue weighted by molar-refractivity contribution is -0.0553. The van der Waals surface area contributed by atoms with E-state index in [2.05, 4.69) is 4.98 Å². The van der Waals surface area contributed by atoms with Crippen LogP contribution in [-0.2, 0) is 4.74 Å². The molecule has 144 valence electrons. The number of nitrogens with one attached hydrogen (secondary N) is 1. The number of rotatable bonds is 4. The smallest absolute Gasteiger partial charge is 0.410 e. The van der Waals surface area contributed by atoms with Crippen LogP contribution >= 0.6 is 0 Å². The molecule has 0 radical (unpaired) electrons. The van der Waals surface area contributed by atoms with Gasteiger partial charge in [-0.1, -0.05) is 18.2 Å². The summed E-state index contributed by atoms with van der Waals surface area (Å²) >= 11 is 0. The fraction of sp³-hybridized carbons (Fsp3) is 0.312. The number of carbonyl (C=O) groups excluding carboxylic acids is 1. The van der Waals surface area contributed by atoms with Crippen molar-refractivity contribution in [2.45, 2.75) is 24.5 Å². The van der Waals surface area contributed by atoms with Gasteiger partial charge in [-0.3, -0.25) is 9.88 Å². The highest BCUT2D eigenvalue weighted by atomic mass is 19.1. The summed E-state index contributed by atoms with van der Waals surface area (Å²) in [6.45, 7) is -0.607. The average molecular weight is 381 g/mol. The first kappa shape index (κ1) is 18.9.